The number of nitrogens with two attached hydrogens (primary N) is 1. The molecule has 2 saturated carbocycles. The first-order chi connectivity index (χ1) is 13.2. The molecule has 1 aliphatic heterocycles. The highest BCUT2D eigenvalue weighted by Gasteiger charge is 2.45. The van der Waals surface area contributed by atoms with Crippen LogP contribution < -0.4 is 16.4 Å². The van der Waals surface area contributed by atoms with Crippen molar-refractivity contribution >= 4 is 11.8 Å². The smallest absolute Gasteiger partial charge is 0.319 e. The van der Waals surface area contributed by atoms with E-state index in [1.54, 1.807) is 0 Å². The van der Waals surface area contributed by atoms with E-state index in [-0.39, 0.29) is 23.4 Å². The van der Waals surface area contributed by atoms with Gasteiger partial charge in [-0.05, 0) is 50.5 Å². The van der Waals surface area contributed by atoms with Crippen molar-refractivity contribution in [1.29, 1.82) is 0 Å². The van der Waals surface area contributed by atoms with Crippen molar-refractivity contribution in [3.63, 3.8) is 0 Å². The van der Waals surface area contributed by atoms with Gasteiger partial charge < -0.3 is 10.6 Å². The Labute approximate surface area is 161 Å². The monoisotopic (exact) mass is 394 g/mol. The second kappa shape index (κ2) is 6.72. The second-order valence-corrected chi connectivity index (χ2v) is 8.18. The maximum Gasteiger partial charge on any atom is 0.417 e. The molecule has 0 spiro atoms. The van der Waals surface area contributed by atoms with E-state index >= 15 is 0 Å². The molecular formula is C19H25F3N6. The number of rotatable bonds is 5. The van der Waals surface area contributed by atoms with Crippen molar-refractivity contribution in [1.82, 2.24) is 15.6 Å². The van der Waals surface area contributed by atoms with Crippen LogP contribution >= 0.6 is 0 Å². The van der Waals surface area contributed by atoms with E-state index in [0.717, 1.165) is 37.9 Å². The minimum atomic E-state index is -4.48. The van der Waals surface area contributed by atoms with E-state index in [2.05, 4.69) is 20.6 Å². The summed E-state index contributed by atoms with van der Waals surface area (Å²) in [4.78, 5) is 13.0. The fourth-order valence-electron chi connectivity index (χ4n) is 3.56. The van der Waals surface area contributed by atoms with E-state index in [0.29, 0.717) is 17.8 Å². The molecule has 2 heterocycles. The third-order valence-corrected chi connectivity index (χ3v) is 5.85. The highest BCUT2D eigenvalue weighted by Crippen LogP contribution is 2.41. The molecule has 4 rings (SSSR count). The average Bonchev–Trinajstić information content (AvgIpc) is 3.53. The van der Waals surface area contributed by atoms with Gasteiger partial charge in [-0.25, -0.2) is 9.98 Å². The van der Waals surface area contributed by atoms with E-state index < -0.39 is 17.5 Å². The molecular weight excluding hydrogens is 369 g/mol. The largest absolute Gasteiger partial charge is 0.417 e. The molecule has 152 valence electrons. The molecule has 6 nitrogen and oxygen atoms in total. The molecule has 28 heavy (non-hydrogen) atoms. The third kappa shape index (κ3) is 3.99. The average molecular weight is 394 g/mol. The van der Waals surface area contributed by atoms with Gasteiger partial charge in [0.05, 0.1) is 11.6 Å². The lowest BCUT2D eigenvalue weighted by Crippen LogP contribution is -2.66. The topological polar surface area (TPSA) is 87.7 Å². The van der Waals surface area contributed by atoms with Gasteiger partial charge in [0, 0.05) is 23.9 Å². The Balaban J connectivity index is 1.70. The Morgan fingerprint density at radius 3 is 2.46 bits per heavy atom. The number of hydrogen-bond acceptors (Lipinski definition) is 4. The van der Waals surface area contributed by atoms with Crippen molar-refractivity contribution in [3.8, 4) is 0 Å². The molecule has 0 aromatic carbocycles. The Morgan fingerprint density at radius 1 is 1.18 bits per heavy atom. The van der Waals surface area contributed by atoms with E-state index in [1.165, 1.54) is 6.20 Å². The Kier molecular flexibility index (Phi) is 4.60. The van der Waals surface area contributed by atoms with Crippen LogP contribution in [0.15, 0.2) is 28.4 Å². The number of hydrogen-bond donors (Lipinski definition) is 3. The van der Waals surface area contributed by atoms with Gasteiger partial charge in [0.15, 0.2) is 11.7 Å². The Hall–Kier alpha value is -2.16. The summed E-state index contributed by atoms with van der Waals surface area (Å²) in [6.45, 7) is 4.05. The van der Waals surface area contributed by atoms with E-state index in [4.69, 9.17) is 10.7 Å². The molecule has 0 bridgehead atoms. The van der Waals surface area contributed by atoms with Crippen LogP contribution in [0.1, 0.15) is 50.7 Å². The van der Waals surface area contributed by atoms with Crippen LogP contribution in [0.25, 0.3) is 0 Å². The maximum absolute atomic E-state index is 13.1. The summed E-state index contributed by atoms with van der Waals surface area (Å²) < 4.78 is 39.3. The molecule has 2 fully saturated rings. The van der Waals surface area contributed by atoms with Crippen molar-refractivity contribution in [2.45, 2.75) is 57.5 Å². The van der Waals surface area contributed by atoms with E-state index in [9.17, 15) is 13.2 Å². The molecule has 4 N–H and O–H groups in total. The molecule has 9 heteroatoms. The van der Waals surface area contributed by atoms with Crippen LogP contribution in [0, 0.1) is 17.8 Å². The predicted molar refractivity (Wildman–Crippen MR) is 100 cm³/mol. The van der Waals surface area contributed by atoms with Crippen LogP contribution in [0.4, 0.5) is 13.2 Å². The second-order valence-electron chi connectivity index (χ2n) is 8.18. The fraction of sp³-hybridized carbons (Fsp3) is 0.632. The lowest BCUT2D eigenvalue weighted by Gasteiger charge is -2.38. The summed E-state index contributed by atoms with van der Waals surface area (Å²) in [5.41, 5.74) is 6.00. The van der Waals surface area contributed by atoms with Crippen molar-refractivity contribution in [2.24, 2.45) is 33.5 Å². The lowest BCUT2D eigenvalue weighted by molar-refractivity contribution is -0.137. The van der Waals surface area contributed by atoms with E-state index in [1.807, 2.05) is 13.8 Å². The molecule has 1 aromatic rings. The van der Waals surface area contributed by atoms with Crippen molar-refractivity contribution in [3.05, 3.63) is 29.6 Å². The standard InChI is InChI=1S/C19H25F3N6/c1-10(12-3-4-12)19(23)27-16(14-7-15(9-24-8-14)18(20,21)22)26-17(28-19)25-11(2)13-5-6-13/h7-13H,3-6,23H2,1-2H3,(H2,25,26,27,28)/t10-,11-,19?/m1/s1. The number of aliphatic imine (C=N–C) groups is 2. The van der Waals surface area contributed by atoms with Gasteiger partial charge in [0.1, 0.15) is 5.84 Å². The fourth-order valence-corrected chi connectivity index (χ4v) is 3.56. The Morgan fingerprint density at radius 2 is 1.86 bits per heavy atom. The van der Waals surface area contributed by atoms with Gasteiger partial charge in [0.2, 0.25) is 0 Å². The highest BCUT2D eigenvalue weighted by molar-refractivity contribution is 6.10. The zero-order valence-corrected chi connectivity index (χ0v) is 15.9. The van der Waals surface area contributed by atoms with Gasteiger partial charge in [-0.15, -0.1) is 0 Å². The number of amidine groups is 1. The number of alkyl halides is 3. The third-order valence-electron chi connectivity index (χ3n) is 5.85. The summed E-state index contributed by atoms with van der Waals surface area (Å²) in [5.74, 6) is 0.595. The number of guanidine groups is 1. The molecule has 0 saturated heterocycles. The van der Waals surface area contributed by atoms with Gasteiger partial charge in [-0.1, -0.05) is 6.92 Å². The predicted octanol–water partition coefficient (Wildman–Crippen LogP) is 2.85. The number of nitrogens with one attached hydrogen (secondary N) is 2. The minimum absolute atomic E-state index is 0.0183. The van der Waals surface area contributed by atoms with Crippen LogP contribution in [0.3, 0.4) is 0 Å². The van der Waals surface area contributed by atoms with Gasteiger partial charge in [0.25, 0.3) is 0 Å². The minimum Gasteiger partial charge on any atom is -0.319 e. The molecule has 1 aromatic heterocycles. The number of nitrogens with zero attached hydrogens (tertiary/aromatic N) is 3. The molecule has 1 unspecified atom stereocenters. The first kappa shape index (κ1) is 19.2. The number of halogens is 3. The summed E-state index contributed by atoms with van der Waals surface area (Å²) in [7, 11) is 0. The normalized spacial score (nSPS) is 28.9. The van der Waals surface area contributed by atoms with Crippen LogP contribution in [-0.2, 0) is 6.18 Å². The first-order valence-electron chi connectivity index (χ1n) is 9.70. The first-order valence-corrected chi connectivity index (χ1v) is 9.70. The van der Waals surface area contributed by atoms with Gasteiger partial charge in [-0.2, -0.15) is 13.2 Å². The molecule has 0 radical (unpaired) electrons. The quantitative estimate of drug-likeness (QED) is 0.717. The van der Waals surface area contributed by atoms with Gasteiger partial charge in [-0.3, -0.25) is 10.7 Å². The number of pyridine rings is 1. The molecule has 2 aliphatic carbocycles. The highest BCUT2D eigenvalue weighted by atomic mass is 19.4. The zero-order valence-electron chi connectivity index (χ0n) is 15.9. The molecule has 3 atom stereocenters. The summed E-state index contributed by atoms with van der Waals surface area (Å²) >= 11 is 0. The lowest BCUT2D eigenvalue weighted by atomic mass is 9.97. The van der Waals surface area contributed by atoms with Crippen molar-refractivity contribution in [2.75, 3.05) is 0 Å². The van der Waals surface area contributed by atoms with Crippen molar-refractivity contribution < 1.29 is 13.2 Å². The maximum atomic E-state index is 13.1. The van der Waals surface area contributed by atoms with Crippen LogP contribution in [-0.4, -0.2) is 28.6 Å². The van der Waals surface area contributed by atoms with Crippen LogP contribution in [0.5, 0.6) is 0 Å². The SMILES string of the molecule is C[C@H](C1CC1)C1(N)N=C(c2cncc(C(F)(F)F)c2)NC(=N[C@H](C)C2CC2)N1. The molecule has 0 amide bonds. The van der Waals surface area contributed by atoms with Crippen LogP contribution in [0.2, 0.25) is 0 Å². The van der Waals surface area contributed by atoms with Gasteiger partial charge >= 0.3 is 6.18 Å². The summed E-state index contributed by atoms with van der Waals surface area (Å²) in [6, 6.07) is 1.14. The molecule has 3 aliphatic rings. The summed E-state index contributed by atoms with van der Waals surface area (Å²) in [6.07, 6.45) is 2.13. The zero-order chi connectivity index (χ0) is 20.1. The summed E-state index contributed by atoms with van der Waals surface area (Å²) in [5, 5.41) is 6.23. The number of aromatic nitrogens is 1. The Bertz CT molecular complexity index is 812.